The van der Waals surface area contributed by atoms with Crippen molar-refractivity contribution < 1.29 is 0 Å². The molecule has 104 valence electrons. The van der Waals surface area contributed by atoms with E-state index in [0.29, 0.717) is 6.04 Å². The lowest BCUT2D eigenvalue weighted by molar-refractivity contribution is 0.586. The van der Waals surface area contributed by atoms with Gasteiger partial charge in [-0.3, -0.25) is 4.98 Å². The van der Waals surface area contributed by atoms with Crippen molar-refractivity contribution >= 4 is 0 Å². The van der Waals surface area contributed by atoms with Crippen LogP contribution in [-0.4, -0.2) is 12.0 Å². The number of aromatic nitrogens is 1. The molecule has 0 spiro atoms. The van der Waals surface area contributed by atoms with Crippen LogP contribution in [0.3, 0.4) is 0 Å². The van der Waals surface area contributed by atoms with Crippen LogP contribution in [0.25, 0.3) is 0 Å². The average molecular weight is 266 g/mol. The summed E-state index contributed by atoms with van der Waals surface area (Å²) in [4.78, 5) is 4.41. The SMILES string of the molecule is CNC(Cc1ccc2c(c1)CCC2)c1cccnc1C. The number of aryl methyl sites for hydroxylation is 3. The maximum atomic E-state index is 4.41. The molecule has 2 nitrogen and oxygen atoms in total. The van der Waals surface area contributed by atoms with Crippen LogP contribution in [0.4, 0.5) is 0 Å². The minimum absolute atomic E-state index is 0.336. The van der Waals surface area contributed by atoms with Crippen LogP contribution in [0, 0.1) is 6.92 Å². The molecule has 1 aromatic carbocycles. The Morgan fingerprint density at radius 1 is 1.20 bits per heavy atom. The van der Waals surface area contributed by atoms with Gasteiger partial charge in [-0.1, -0.05) is 24.3 Å². The summed E-state index contributed by atoms with van der Waals surface area (Å²) >= 11 is 0. The summed E-state index contributed by atoms with van der Waals surface area (Å²) in [6.45, 7) is 2.09. The van der Waals surface area contributed by atoms with Crippen molar-refractivity contribution in [1.29, 1.82) is 0 Å². The predicted octanol–water partition coefficient (Wildman–Crippen LogP) is 3.38. The number of pyridine rings is 1. The number of hydrogen-bond donors (Lipinski definition) is 1. The molecule has 0 fully saturated rings. The highest BCUT2D eigenvalue weighted by Crippen LogP contribution is 2.26. The zero-order valence-electron chi connectivity index (χ0n) is 12.3. The molecule has 3 rings (SSSR count). The molecule has 1 atom stereocenters. The molecule has 0 amide bonds. The maximum absolute atomic E-state index is 4.41. The first-order valence-electron chi connectivity index (χ1n) is 7.47. The van der Waals surface area contributed by atoms with Crippen molar-refractivity contribution in [2.75, 3.05) is 7.05 Å². The highest BCUT2D eigenvalue weighted by Gasteiger charge is 2.15. The minimum Gasteiger partial charge on any atom is -0.313 e. The lowest BCUT2D eigenvalue weighted by atomic mass is 9.96. The number of rotatable bonds is 4. The predicted molar refractivity (Wildman–Crippen MR) is 82.9 cm³/mol. The summed E-state index contributed by atoms with van der Waals surface area (Å²) in [7, 11) is 2.03. The van der Waals surface area contributed by atoms with Gasteiger partial charge < -0.3 is 5.32 Å². The Morgan fingerprint density at radius 2 is 2.05 bits per heavy atom. The molecule has 0 radical (unpaired) electrons. The largest absolute Gasteiger partial charge is 0.313 e. The van der Waals surface area contributed by atoms with Crippen LogP contribution in [0.5, 0.6) is 0 Å². The molecular formula is C18H22N2. The molecule has 1 heterocycles. The van der Waals surface area contributed by atoms with E-state index in [1.807, 2.05) is 19.3 Å². The Bertz CT molecular complexity index is 604. The first kappa shape index (κ1) is 13.3. The fourth-order valence-electron chi connectivity index (χ4n) is 3.22. The van der Waals surface area contributed by atoms with Gasteiger partial charge in [0.15, 0.2) is 0 Å². The summed E-state index contributed by atoms with van der Waals surface area (Å²) in [5, 5.41) is 3.44. The molecule has 0 aliphatic heterocycles. The monoisotopic (exact) mass is 266 g/mol. The van der Waals surface area contributed by atoms with Crippen LogP contribution in [0.2, 0.25) is 0 Å². The number of nitrogens with zero attached hydrogens (tertiary/aromatic N) is 1. The van der Waals surface area contributed by atoms with Crippen molar-refractivity contribution in [3.8, 4) is 0 Å². The summed E-state index contributed by atoms with van der Waals surface area (Å²) in [6.07, 6.45) is 6.71. The van der Waals surface area contributed by atoms with Gasteiger partial charge in [0, 0.05) is 17.9 Å². The Morgan fingerprint density at radius 3 is 2.85 bits per heavy atom. The zero-order chi connectivity index (χ0) is 13.9. The van der Waals surface area contributed by atoms with Crippen LogP contribution in [-0.2, 0) is 19.3 Å². The standard InChI is InChI=1S/C18H22N2/c1-13-17(7-4-10-20-13)18(19-2)12-14-8-9-15-5-3-6-16(15)11-14/h4,7-11,18-19H,3,5-6,12H2,1-2H3. The molecule has 1 N–H and O–H groups in total. The molecule has 1 aliphatic rings. The topological polar surface area (TPSA) is 24.9 Å². The van der Waals surface area contributed by atoms with Gasteiger partial charge in [0.1, 0.15) is 0 Å². The third-order valence-electron chi connectivity index (χ3n) is 4.37. The molecule has 1 aliphatic carbocycles. The lowest BCUT2D eigenvalue weighted by Gasteiger charge is -2.19. The van der Waals surface area contributed by atoms with Gasteiger partial charge in [0.25, 0.3) is 0 Å². The fourth-order valence-corrected chi connectivity index (χ4v) is 3.22. The molecule has 20 heavy (non-hydrogen) atoms. The molecule has 1 aromatic heterocycles. The van der Waals surface area contributed by atoms with Gasteiger partial charge in [-0.25, -0.2) is 0 Å². The smallest absolute Gasteiger partial charge is 0.0420 e. The van der Waals surface area contributed by atoms with E-state index in [9.17, 15) is 0 Å². The molecule has 2 heteroatoms. The highest BCUT2D eigenvalue weighted by molar-refractivity contribution is 5.36. The second kappa shape index (κ2) is 5.76. The summed E-state index contributed by atoms with van der Waals surface area (Å²) in [6, 6.07) is 11.5. The summed E-state index contributed by atoms with van der Waals surface area (Å²) in [5.74, 6) is 0. The number of hydrogen-bond acceptors (Lipinski definition) is 2. The highest BCUT2D eigenvalue weighted by atomic mass is 14.9. The van der Waals surface area contributed by atoms with Gasteiger partial charge in [-0.05, 0) is 68.0 Å². The van der Waals surface area contributed by atoms with Gasteiger partial charge in [-0.15, -0.1) is 0 Å². The molecule has 0 saturated heterocycles. The van der Waals surface area contributed by atoms with Crippen LogP contribution in [0.1, 0.15) is 40.4 Å². The average Bonchev–Trinajstić information content (AvgIpc) is 2.93. The van der Waals surface area contributed by atoms with E-state index in [0.717, 1.165) is 12.1 Å². The van der Waals surface area contributed by atoms with E-state index in [2.05, 4.69) is 41.5 Å². The molecule has 0 saturated carbocycles. The summed E-state index contributed by atoms with van der Waals surface area (Å²) in [5.41, 5.74) is 6.95. The van der Waals surface area contributed by atoms with E-state index < -0.39 is 0 Å². The Balaban J connectivity index is 1.83. The van der Waals surface area contributed by atoms with Crippen molar-refractivity contribution in [1.82, 2.24) is 10.3 Å². The number of fused-ring (bicyclic) bond motifs is 1. The van der Waals surface area contributed by atoms with Crippen molar-refractivity contribution in [2.24, 2.45) is 0 Å². The van der Waals surface area contributed by atoms with Crippen LogP contribution < -0.4 is 5.32 Å². The van der Waals surface area contributed by atoms with Gasteiger partial charge in [0.05, 0.1) is 0 Å². The Kier molecular flexibility index (Phi) is 3.83. The summed E-state index contributed by atoms with van der Waals surface area (Å²) < 4.78 is 0. The molecular weight excluding hydrogens is 244 g/mol. The lowest BCUT2D eigenvalue weighted by Crippen LogP contribution is -2.20. The second-order valence-electron chi connectivity index (χ2n) is 5.68. The van der Waals surface area contributed by atoms with Gasteiger partial charge in [-0.2, -0.15) is 0 Å². The molecule has 0 bridgehead atoms. The quantitative estimate of drug-likeness (QED) is 0.917. The first-order valence-corrected chi connectivity index (χ1v) is 7.47. The third kappa shape index (κ3) is 2.61. The molecule has 2 aromatic rings. The van der Waals surface area contributed by atoms with Gasteiger partial charge in [0.2, 0.25) is 0 Å². The van der Waals surface area contributed by atoms with E-state index in [1.165, 1.54) is 30.4 Å². The third-order valence-corrected chi connectivity index (χ3v) is 4.37. The van der Waals surface area contributed by atoms with E-state index in [1.54, 1.807) is 11.1 Å². The minimum atomic E-state index is 0.336. The second-order valence-corrected chi connectivity index (χ2v) is 5.68. The van der Waals surface area contributed by atoms with Crippen molar-refractivity contribution in [3.63, 3.8) is 0 Å². The maximum Gasteiger partial charge on any atom is 0.0420 e. The Hall–Kier alpha value is -1.67. The van der Waals surface area contributed by atoms with Crippen molar-refractivity contribution in [2.45, 2.75) is 38.6 Å². The Labute approximate surface area is 121 Å². The van der Waals surface area contributed by atoms with E-state index in [4.69, 9.17) is 0 Å². The number of likely N-dealkylation sites (N-methyl/N-ethyl adjacent to an activating group) is 1. The van der Waals surface area contributed by atoms with Crippen LogP contribution in [0.15, 0.2) is 36.5 Å². The van der Waals surface area contributed by atoms with E-state index >= 15 is 0 Å². The number of nitrogens with one attached hydrogen (secondary N) is 1. The van der Waals surface area contributed by atoms with E-state index in [-0.39, 0.29) is 0 Å². The first-order chi connectivity index (χ1) is 9.78. The fraction of sp³-hybridized carbons (Fsp3) is 0.389. The van der Waals surface area contributed by atoms with Crippen LogP contribution >= 0.6 is 0 Å². The number of benzene rings is 1. The van der Waals surface area contributed by atoms with Gasteiger partial charge >= 0.3 is 0 Å². The zero-order valence-corrected chi connectivity index (χ0v) is 12.3. The van der Waals surface area contributed by atoms with Crippen molar-refractivity contribution in [3.05, 3.63) is 64.5 Å². The normalized spacial score (nSPS) is 15.1. The molecule has 1 unspecified atom stereocenters.